The van der Waals surface area contributed by atoms with E-state index in [0.717, 1.165) is 22.9 Å². The summed E-state index contributed by atoms with van der Waals surface area (Å²) in [6, 6.07) is 5.74. The lowest BCUT2D eigenvalue weighted by atomic mass is 9.93. The van der Waals surface area contributed by atoms with Crippen molar-refractivity contribution >= 4 is 17.3 Å². The first-order valence-corrected chi connectivity index (χ1v) is 9.23. The number of anilines is 2. The van der Waals surface area contributed by atoms with Crippen LogP contribution in [0.25, 0.3) is 5.65 Å². The molecule has 1 N–H and O–H groups in total. The summed E-state index contributed by atoms with van der Waals surface area (Å²) in [5, 5.41) is 7.51. The highest BCUT2D eigenvalue weighted by molar-refractivity contribution is 5.51. The van der Waals surface area contributed by atoms with Gasteiger partial charge in [-0.1, -0.05) is 0 Å². The topological polar surface area (TPSA) is 71.2 Å². The Bertz CT molecular complexity index is 940. The van der Waals surface area contributed by atoms with Crippen molar-refractivity contribution in [2.75, 3.05) is 29.9 Å². The van der Waals surface area contributed by atoms with Gasteiger partial charge in [-0.15, -0.1) is 0 Å². The number of piperidine rings is 1. The van der Waals surface area contributed by atoms with Crippen LogP contribution in [0.15, 0.2) is 24.4 Å². The summed E-state index contributed by atoms with van der Waals surface area (Å²) >= 11 is 0. The summed E-state index contributed by atoms with van der Waals surface area (Å²) in [5.74, 6) is 2.35. The monoisotopic (exact) mass is 369 g/mol. The zero-order valence-corrected chi connectivity index (χ0v) is 15.9. The van der Waals surface area contributed by atoms with Crippen molar-refractivity contribution in [3.8, 4) is 0 Å². The smallest absolute Gasteiger partial charge is 0.157 e. The lowest BCUT2D eigenvalue weighted by Gasteiger charge is -2.37. The maximum Gasteiger partial charge on any atom is 0.157 e. The number of fused-ring (bicyclic) bond motifs is 1. The molecule has 0 bridgehead atoms. The van der Waals surface area contributed by atoms with E-state index in [-0.39, 0.29) is 6.54 Å². The first-order chi connectivity index (χ1) is 12.9. The molecule has 0 radical (unpaired) electrons. The zero-order valence-electron chi connectivity index (χ0n) is 15.9. The van der Waals surface area contributed by atoms with E-state index < -0.39 is 5.67 Å². The van der Waals surface area contributed by atoms with Gasteiger partial charge >= 0.3 is 0 Å². The summed E-state index contributed by atoms with van der Waals surface area (Å²) in [6.07, 6.45) is 2.64. The molecule has 142 valence electrons. The fourth-order valence-electron chi connectivity index (χ4n) is 3.61. The summed E-state index contributed by atoms with van der Waals surface area (Å²) in [4.78, 5) is 15.2. The molecule has 0 atom stereocenters. The van der Waals surface area contributed by atoms with E-state index in [0.29, 0.717) is 37.6 Å². The molecule has 27 heavy (non-hydrogen) atoms. The van der Waals surface area contributed by atoms with Crippen LogP contribution in [0.3, 0.4) is 0 Å². The Labute approximate surface area is 157 Å². The molecule has 0 spiro atoms. The number of hydrogen-bond acceptors (Lipinski definition) is 6. The van der Waals surface area contributed by atoms with Gasteiger partial charge < -0.3 is 10.2 Å². The Morgan fingerprint density at radius 1 is 1.07 bits per heavy atom. The summed E-state index contributed by atoms with van der Waals surface area (Å²) in [6.45, 7) is 7.25. The number of rotatable bonds is 4. The Kier molecular flexibility index (Phi) is 4.41. The number of nitrogens with zero attached hydrogens (tertiary/aromatic N) is 6. The van der Waals surface area contributed by atoms with Crippen molar-refractivity contribution in [3.63, 3.8) is 0 Å². The summed E-state index contributed by atoms with van der Waals surface area (Å²) in [5.41, 5.74) is 1.38. The van der Waals surface area contributed by atoms with E-state index in [2.05, 4.69) is 30.3 Å². The van der Waals surface area contributed by atoms with Crippen molar-refractivity contribution in [1.82, 2.24) is 24.6 Å². The Hall–Kier alpha value is -2.77. The van der Waals surface area contributed by atoms with Gasteiger partial charge in [0, 0.05) is 55.5 Å². The minimum absolute atomic E-state index is 0.253. The molecule has 7 nitrogen and oxygen atoms in total. The molecule has 0 amide bonds. The molecule has 4 rings (SSSR count). The van der Waals surface area contributed by atoms with Crippen LogP contribution in [0, 0.1) is 20.8 Å². The van der Waals surface area contributed by atoms with Gasteiger partial charge in [-0.3, -0.25) is 0 Å². The summed E-state index contributed by atoms with van der Waals surface area (Å²) in [7, 11) is 0. The van der Waals surface area contributed by atoms with E-state index in [1.807, 2.05) is 43.5 Å². The van der Waals surface area contributed by atoms with Crippen molar-refractivity contribution < 1.29 is 4.39 Å². The molecule has 1 aliphatic rings. The third-order valence-corrected chi connectivity index (χ3v) is 5.00. The van der Waals surface area contributed by atoms with Crippen LogP contribution in [0.4, 0.5) is 16.0 Å². The minimum atomic E-state index is -1.26. The number of halogens is 1. The molecule has 0 saturated carbocycles. The van der Waals surface area contributed by atoms with Crippen LogP contribution in [0.1, 0.15) is 30.1 Å². The highest BCUT2D eigenvalue weighted by Crippen LogP contribution is 2.30. The molecule has 0 unspecified atom stereocenters. The van der Waals surface area contributed by atoms with E-state index in [9.17, 15) is 0 Å². The van der Waals surface area contributed by atoms with Gasteiger partial charge in [-0.2, -0.15) is 9.61 Å². The Balaban J connectivity index is 1.43. The lowest BCUT2D eigenvalue weighted by molar-refractivity contribution is 0.140. The third kappa shape index (κ3) is 3.70. The van der Waals surface area contributed by atoms with Gasteiger partial charge in [0.1, 0.15) is 23.1 Å². The molecule has 1 saturated heterocycles. The highest BCUT2D eigenvalue weighted by atomic mass is 19.1. The second-order valence-electron chi connectivity index (χ2n) is 7.29. The lowest BCUT2D eigenvalue weighted by Crippen LogP contribution is -2.46. The average Bonchev–Trinajstić information content (AvgIpc) is 3.08. The van der Waals surface area contributed by atoms with Gasteiger partial charge in [-0.05, 0) is 20.8 Å². The Morgan fingerprint density at radius 3 is 2.56 bits per heavy atom. The van der Waals surface area contributed by atoms with Crippen LogP contribution < -0.4 is 10.2 Å². The maximum atomic E-state index is 15.3. The first-order valence-electron chi connectivity index (χ1n) is 9.23. The first kappa shape index (κ1) is 17.6. The van der Waals surface area contributed by atoms with Gasteiger partial charge in [0.15, 0.2) is 5.65 Å². The molecule has 0 aromatic carbocycles. The predicted molar refractivity (Wildman–Crippen MR) is 103 cm³/mol. The van der Waals surface area contributed by atoms with Gasteiger partial charge in [0.2, 0.25) is 0 Å². The van der Waals surface area contributed by atoms with Gasteiger partial charge in [-0.25, -0.2) is 19.3 Å². The molecule has 0 aliphatic carbocycles. The van der Waals surface area contributed by atoms with Crippen LogP contribution in [0.2, 0.25) is 0 Å². The van der Waals surface area contributed by atoms with E-state index >= 15 is 4.39 Å². The van der Waals surface area contributed by atoms with Crippen LogP contribution in [0.5, 0.6) is 0 Å². The zero-order chi connectivity index (χ0) is 19.0. The van der Waals surface area contributed by atoms with Crippen molar-refractivity contribution in [1.29, 1.82) is 0 Å². The largest absolute Gasteiger partial charge is 0.367 e. The molecular weight excluding hydrogens is 345 g/mol. The van der Waals surface area contributed by atoms with E-state index in [1.54, 1.807) is 6.20 Å². The number of alkyl halides is 1. The summed E-state index contributed by atoms with van der Waals surface area (Å²) < 4.78 is 17.1. The number of aryl methyl sites for hydroxylation is 3. The van der Waals surface area contributed by atoms with Crippen LogP contribution in [-0.4, -0.2) is 49.9 Å². The average molecular weight is 369 g/mol. The fourth-order valence-corrected chi connectivity index (χ4v) is 3.61. The molecule has 3 aromatic rings. The highest BCUT2D eigenvalue weighted by Gasteiger charge is 2.35. The molecule has 4 heterocycles. The quantitative estimate of drug-likeness (QED) is 0.762. The van der Waals surface area contributed by atoms with Crippen molar-refractivity contribution in [2.24, 2.45) is 0 Å². The molecule has 1 aliphatic heterocycles. The predicted octanol–water partition coefficient (Wildman–Crippen LogP) is 2.87. The van der Waals surface area contributed by atoms with Crippen LogP contribution >= 0.6 is 0 Å². The number of hydrogen-bond donors (Lipinski definition) is 1. The Morgan fingerprint density at radius 2 is 1.81 bits per heavy atom. The standard InChI is InChI=1S/C19H24FN7/c1-13-10-16(25-15(3)23-13)21-12-19(20)5-8-26(9-6-19)18-11-14(2)24-17-4-7-22-27(17)18/h4,7,10-11H,5-6,8-9,12H2,1-3H3,(H,21,23,25). The molecule has 3 aromatic heterocycles. The SMILES string of the molecule is Cc1cc(NCC2(F)CCN(c3cc(C)nc4ccnn34)CC2)nc(C)n1. The maximum absolute atomic E-state index is 15.3. The minimum Gasteiger partial charge on any atom is -0.367 e. The number of nitrogens with one attached hydrogen (secondary N) is 1. The third-order valence-electron chi connectivity index (χ3n) is 5.00. The molecule has 8 heteroatoms. The molecule has 1 fully saturated rings. The van der Waals surface area contributed by atoms with Gasteiger partial charge in [0.25, 0.3) is 0 Å². The van der Waals surface area contributed by atoms with E-state index in [1.165, 1.54) is 0 Å². The number of aromatic nitrogens is 5. The van der Waals surface area contributed by atoms with E-state index in [4.69, 9.17) is 0 Å². The normalized spacial score (nSPS) is 16.7. The fraction of sp³-hybridized carbons (Fsp3) is 0.474. The second-order valence-corrected chi connectivity index (χ2v) is 7.29. The van der Waals surface area contributed by atoms with Crippen molar-refractivity contribution in [2.45, 2.75) is 39.3 Å². The van der Waals surface area contributed by atoms with Crippen LogP contribution in [-0.2, 0) is 0 Å². The molecular formula is C19H24FN7. The van der Waals surface area contributed by atoms with Crippen molar-refractivity contribution in [3.05, 3.63) is 41.6 Å². The second kappa shape index (κ2) is 6.75. The van der Waals surface area contributed by atoms with Gasteiger partial charge in [0.05, 0.1) is 12.7 Å².